The van der Waals surface area contributed by atoms with Crippen LogP contribution in [0.15, 0.2) is 41.3 Å². The SMILES string of the molecule is CCCCCCCCCCCCCCCCCC(CCCCCCCCCCCCCCCCC)O[C@@H]1O[C@H](CO)[C@H](O[C@H]2O[C@H](CNS(=O)(=O)c3cccc4c(N(C)C)cccc34)[C@@H](O)[C@H](O)[C@H]2O)[C@H](O)[C@H]1O. The van der Waals surface area contributed by atoms with Crippen molar-refractivity contribution in [3.63, 3.8) is 0 Å². The van der Waals surface area contributed by atoms with Gasteiger partial charge in [-0.25, -0.2) is 13.1 Å². The summed E-state index contributed by atoms with van der Waals surface area (Å²) in [6.07, 6.45) is 23.8. The molecular weight excluding hydrogens is 961 g/mol. The molecule has 15 heteroatoms. The zero-order valence-corrected chi connectivity index (χ0v) is 47.2. The number of sulfonamides is 1. The van der Waals surface area contributed by atoms with E-state index >= 15 is 0 Å². The maximum Gasteiger partial charge on any atom is 0.241 e. The summed E-state index contributed by atoms with van der Waals surface area (Å²) in [6, 6.07) is 10.3. The minimum Gasteiger partial charge on any atom is -0.394 e. The predicted molar refractivity (Wildman–Crippen MR) is 297 cm³/mol. The molecule has 0 bridgehead atoms. The lowest BCUT2D eigenvalue weighted by Gasteiger charge is -2.46. The van der Waals surface area contributed by atoms with E-state index in [-0.39, 0.29) is 11.0 Å². The Hall–Kier alpha value is -1.99. The molecule has 10 atom stereocenters. The molecule has 2 saturated heterocycles. The normalized spacial score (nSPS) is 24.6. The molecule has 0 radical (unpaired) electrons. The molecule has 0 aliphatic carbocycles. The van der Waals surface area contributed by atoms with Gasteiger partial charge in [0.1, 0.15) is 48.8 Å². The van der Waals surface area contributed by atoms with Gasteiger partial charge in [-0.1, -0.05) is 231 Å². The number of ether oxygens (including phenoxy) is 4. The summed E-state index contributed by atoms with van der Waals surface area (Å²) in [6.45, 7) is 3.37. The summed E-state index contributed by atoms with van der Waals surface area (Å²) in [7, 11) is -0.467. The standard InChI is InChI=1S/C59H104N2O12S/c1-5-7-9-11-13-15-17-19-21-23-25-27-29-31-33-37-45(38-34-32-30-28-26-24-22-20-18-16-14-12-10-8-6-2)70-58-56(67)54(65)57(50(44-62)72-58)73-59-55(66)53(64)52(63)49(71-59)43-60-74(68,69)51-42-36-39-46-47(51)40-35-41-48(46)61(3)4/h35-36,39-42,45,49-50,52-60,62-67H,5-34,37-38,43-44H2,1-4H3/t49-,50-,52-,53+,54-,55-,56-,57+,58-,59-/m1/s1. The molecule has 2 heterocycles. The monoisotopic (exact) mass is 1060 g/mol. The van der Waals surface area contributed by atoms with E-state index in [2.05, 4.69) is 18.6 Å². The molecule has 0 spiro atoms. The molecule has 0 aromatic heterocycles. The first-order chi connectivity index (χ1) is 35.8. The molecule has 74 heavy (non-hydrogen) atoms. The lowest BCUT2D eigenvalue weighted by atomic mass is 9.96. The van der Waals surface area contributed by atoms with Gasteiger partial charge in [0, 0.05) is 37.1 Å². The van der Waals surface area contributed by atoms with E-state index in [9.17, 15) is 39.1 Å². The number of aliphatic hydroxyl groups is 6. The highest BCUT2D eigenvalue weighted by atomic mass is 32.2. The molecule has 2 fully saturated rings. The zero-order valence-electron chi connectivity index (χ0n) is 46.3. The quantitative estimate of drug-likeness (QED) is 0.0309. The molecule has 2 aliphatic rings. The molecule has 14 nitrogen and oxygen atoms in total. The second-order valence-electron chi connectivity index (χ2n) is 21.9. The molecule has 2 aromatic carbocycles. The van der Waals surface area contributed by atoms with Gasteiger partial charge in [0.25, 0.3) is 0 Å². The van der Waals surface area contributed by atoms with Crippen LogP contribution in [0.3, 0.4) is 0 Å². The highest BCUT2D eigenvalue weighted by Gasteiger charge is 2.51. The van der Waals surface area contributed by atoms with Crippen molar-refractivity contribution in [1.29, 1.82) is 0 Å². The van der Waals surface area contributed by atoms with Gasteiger partial charge in [-0.3, -0.25) is 0 Å². The summed E-state index contributed by atoms with van der Waals surface area (Å²) >= 11 is 0. The van der Waals surface area contributed by atoms with Crippen molar-refractivity contribution in [3.05, 3.63) is 36.4 Å². The van der Waals surface area contributed by atoms with Crippen molar-refractivity contribution < 1.29 is 58.0 Å². The highest BCUT2D eigenvalue weighted by molar-refractivity contribution is 7.89. The second kappa shape index (κ2) is 37.0. The van der Waals surface area contributed by atoms with Gasteiger partial charge in [0.05, 0.1) is 17.6 Å². The highest BCUT2D eigenvalue weighted by Crippen LogP contribution is 2.33. The Labute approximate surface area is 447 Å². The lowest BCUT2D eigenvalue weighted by molar-refractivity contribution is -0.361. The third-order valence-electron chi connectivity index (χ3n) is 15.5. The van der Waals surface area contributed by atoms with Crippen molar-refractivity contribution in [2.45, 2.75) is 292 Å². The van der Waals surface area contributed by atoms with E-state index in [4.69, 9.17) is 18.9 Å². The number of hydrogen-bond acceptors (Lipinski definition) is 13. The molecule has 2 aliphatic heterocycles. The number of fused-ring (bicyclic) bond motifs is 1. The van der Waals surface area contributed by atoms with Crippen molar-refractivity contribution in [2.75, 3.05) is 32.1 Å². The summed E-state index contributed by atoms with van der Waals surface area (Å²) in [4.78, 5) is 1.89. The van der Waals surface area contributed by atoms with Crippen LogP contribution < -0.4 is 9.62 Å². The van der Waals surface area contributed by atoms with Gasteiger partial charge in [-0.15, -0.1) is 0 Å². The Balaban J connectivity index is 1.28. The van der Waals surface area contributed by atoms with Gasteiger partial charge in [-0.05, 0) is 25.0 Å². The topological polar surface area (TPSA) is 208 Å². The summed E-state index contributed by atoms with van der Waals surface area (Å²) < 4.78 is 54.4. The van der Waals surface area contributed by atoms with Gasteiger partial charge < -0.3 is 54.5 Å². The Kier molecular flexibility index (Phi) is 32.3. The smallest absolute Gasteiger partial charge is 0.241 e. The minimum absolute atomic E-state index is 0.00303. The number of unbranched alkanes of at least 4 members (excludes halogenated alkanes) is 28. The Morgan fingerprint density at radius 3 is 1.41 bits per heavy atom. The first-order valence-corrected chi connectivity index (χ1v) is 31.1. The van der Waals surface area contributed by atoms with Crippen LogP contribution in [-0.2, 0) is 29.0 Å². The van der Waals surface area contributed by atoms with E-state index in [1.807, 2.05) is 31.1 Å². The molecule has 428 valence electrons. The maximum atomic E-state index is 13.7. The maximum absolute atomic E-state index is 13.7. The van der Waals surface area contributed by atoms with E-state index in [0.29, 0.717) is 5.39 Å². The fourth-order valence-electron chi connectivity index (χ4n) is 10.8. The number of benzene rings is 2. The van der Waals surface area contributed by atoms with Crippen LogP contribution in [-0.4, -0.2) is 134 Å². The van der Waals surface area contributed by atoms with Crippen molar-refractivity contribution in [3.8, 4) is 0 Å². The van der Waals surface area contributed by atoms with Crippen LogP contribution in [0.1, 0.15) is 219 Å². The first kappa shape index (κ1) is 64.5. The predicted octanol–water partition coefficient (Wildman–Crippen LogP) is 10.7. The van der Waals surface area contributed by atoms with Crippen LogP contribution in [0.2, 0.25) is 0 Å². The minimum atomic E-state index is -4.20. The third-order valence-corrected chi connectivity index (χ3v) is 17.0. The van der Waals surface area contributed by atoms with Gasteiger partial charge >= 0.3 is 0 Å². The number of nitrogens with zero attached hydrogens (tertiary/aromatic N) is 1. The number of rotatable bonds is 42. The Morgan fingerprint density at radius 2 is 0.946 bits per heavy atom. The zero-order chi connectivity index (χ0) is 53.6. The fourth-order valence-corrected chi connectivity index (χ4v) is 12.1. The fraction of sp³-hybridized carbons (Fsp3) is 0.831. The van der Waals surface area contributed by atoms with Crippen LogP contribution in [0.4, 0.5) is 5.69 Å². The summed E-state index contributed by atoms with van der Waals surface area (Å²) in [5.41, 5.74) is 0.825. The molecule has 4 rings (SSSR count). The van der Waals surface area contributed by atoms with Crippen molar-refractivity contribution >= 4 is 26.5 Å². The summed E-state index contributed by atoms with van der Waals surface area (Å²) in [5.74, 6) is 0. The lowest BCUT2D eigenvalue weighted by Crippen LogP contribution is -2.65. The van der Waals surface area contributed by atoms with Crippen LogP contribution in [0.25, 0.3) is 10.8 Å². The van der Waals surface area contributed by atoms with E-state index in [1.165, 1.54) is 160 Å². The van der Waals surface area contributed by atoms with Crippen molar-refractivity contribution in [1.82, 2.24) is 4.72 Å². The van der Waals surface area contributed by atoms with Crippen LogP contribution in [0.5, 0.6) is 0 Å². The van der Waals surface area contributed by atoms with Crippen molar-refractivity contribution in [2.24, 2.45) is 0 Å². The number of nitrogens with one attached hydrogen (secondary N) is 1. The second-order valence-corrected chi connectivity index (χ2v) is 23.7. The third kappa shape index (κ3) is 22.4. The number of anilines is 1. The van der Waals surface area contributed by atoms with Crippen LogP contribution >= 0.6 is 0 Å². The average Bonchev–Trinajstić information content (AvgIpc) is 3.39. The largest absolute Gasteiger partial charge is 0.394 e. The number of aliphatic hydroxyl groups excluding tert-OH is 6. The van der Waals surface area contributed by atoms with Gasteiger partial charge in [0.15, 0.2) is 12.6 Å². The van der Waals surface area contributed by atoms with Crippen LogP contribution in [0, 0.1) is 0 Å². The Bertz CT molecular complexity index is 1820. The number of hydrogen-bond donors (Lipinski definition) is 7. The molecule has 7 N–H and O–H groups in total. The molecule has 2 aromatic rings. The molecular formula is C59H104N2O12S. The van der Waals surface area contributed by atoms with Gasteiger partial charge in [-0.2, -0.15) is 0 Å². The molecule has 0 amide bonds. The average molecular weight is 1070 g/mol. The molecule has 0 saturated carbocycles. The Morgan fingerprint density at radius 1 is 0.527 bits per heavy atom. The summed E-state index contributed by atoms with van der Waals surface area (Å²) in [5, 5.41) is 67.7. The van der Waals surface area contributed by atoms with E-state index in [1.54, 1.807) is 18.2 Å². The first-order valence-electron chi connectivity index (χ1n) is 29.7. The molecule has 0 unspecified atom stereocenters. The van der Waals surface area contributed by atoms with E-state index < -0.39 is 84.6 Å². The van der Waals surface area contributed by atoms with Gasteiger partial charge in [0.2, 0.25) is 10.0 Å². The van der Waals surface area contributed by atoms with E-state index in [0.717, 1.165) is 62.4 Å².